The number of benzene rings is 3. The Balaban J connectivity index is 1.58. The number of nitrogens with one attached hydrogen (secondary N) is 2. The molecular weight excluding hydrogens is 495 g/mol. The van der Waals surface area contributed by atoms with Gasteiger partial charge in [0.1, 0.15) is 17.7 Å². The summed E-state index contributed by atoms with van der Waals surface area (Å²) in [6.45, 7) is 4.57. The number of para-hydroxylation sites is 1. The van der Waals surface area contributed by atoms with Gasteiger partial charge in [-0.3, -0.25) is 14.3 Å². The van der Waals surface area contributed by atoms with Crippen molar-refractivity contribution in [1.29, 1.82) is 0 Å². The highest BCUT2D eigenvalue weighted by atomic mass is 19.1. The maximum absolute atomic E-state index is 13.8. The monoisotopic (exact) mass is 524 g/mol. The standard InChI is InChI=1S/C31H29FN4O3/c1-19(2)15-33-30(37)26-14-21(10-13-24(26)22-16-34-36(3)17-22)29(20-8-11-23(32)12-9-20)35-31(38)27-18-39-28-7-5-4-6-25(27)28/h4-14,16-19,29H,15H2,1-3H3,(H,33,37)(H,35,38). The Hall–Kier alpha value is -4.72. The quantitative estimate of drug-likeness (QED) is 0.265. The van der Waals surface area contributed by atoms with Crippen molar-refractivity contribution in [2.75, 3.05) is 6.54 Å². The van der Waals surface area contributed by atoms with Crippen molar-refractivity contribution in [3.05, 3.63) is 113 Å². The lowest BCUT2D eigenvalue weighted by molar-refractivity contribution is 0.0940. The van der Waals surface area contributed by atoms with E-state index in [-0.39, 0.29) is 23.5 Å². The third kappa shape index (κ3) is 5.60. The lowest BCUT2D eigenvalue weighted by Crippen LogP contribution is -2.30. The molecule has 0 fully saturated rings. The van der Waals surface area contributed by atoms with Gasteiger partial charge in [-0.25, -0.2) is 4.39 Å². The van der Waals surface area contributed by atoms with E-state index in [1.165, 1.54) is 18.4 Å². The van der Waals surface area contributed by atoms with E-state index in [0.717, 1.165) is 11.1 Å². The van der Waals surface area contributed by atoms with Gasteiger partial charge in [-0.1, -0.05) is 56.3 Å². The second kappa shape index (κ2) is 10.9. The zero-order chi connectivity index (χ0) is 27.5. The number of carbonyl (C=O) groups excluding carboxylic acids is 2. The van der Waals surface area contributed by atoms with E-state index in [1.807, 2.05) is 57.4 Å². The van der Waals surface area contributed by atoms with Gasteiger partial charge in [-0.15, -0.1) is 0 Å². The lowest BCUT2D eigenvalue weighted by atomic mass is 9.92. The van der Waals surface area contributed by atoms with Gasteiger partial charge >= 0.3 is 0 Å². The summed E-state index contributed by atoms with van der Waals surface area (Å²) in [4.78, 5) is 26.9. The number of fused-ring (bicyclic) bond motifs is 1. The molecule has 0 saturated heterocycles. The third-order valence-corrected chi connectivity index (χ3v) is 6.51. The molecule has 2 aromatic heterocycles. The Morgan fingerprint density at radius 2 is 1.72 bits per heavy atom. The molecule has 2 amide bonds. The minimum Gasteiger partial charge on any atom is -0.463 e. The summed E-state index contributed by atoms with van der Waals surface area (Å²) in [5, 5.41) is 11.0. The average Bonchev–Trinajstić information content (AvgIpc) is 3.57. The van der Waals surface area contributed by atoms with Crippen LogP contribution in [0.2, 0.25) is 0 Å². The molecule has 3 aromatic carbocycles. The highest BCUT2D eigenvalue weighted by molar-refractivity contribution is 6.06. The van der Waals surface area contributed by atoms with Gasteiger partial charge in [0.2, 0.25) is 0 Å². The summed E-state index contributed by atoms with van der Waals surface area (Å²) in [5.74, 6) is -0.689. The molecule has 1 atom stereocenters. The number of rotatable bonds is 8. The molecule has 5 rings (SSSR count). The number of aryl methyl sites for hydroxylation is 1. The summed E-state index contributed by atoms with van der Waals surface area (Å²) in [6.07, 6.45) is 4.98. The molecule has 2 heterocycles. The van der Waals surface area contributed by atoms with Crippen LogP contribution in [0.1, 0.15) is 51.7 Å². The van der Waals surface area contributed by atoms with Crippen molar-refractivity contribution in [3.63, 3.8) is 0 Å². The number of carbonyl (C=O) groups is 2. The van der Waals surface area contributed by atoms with E-state index < -0.39 is 6.04 Å². The summed E-state index contributed by atoms with van der Waals surface area (Å²) in [5.41, 5.74) is 4.30. The van der Waals surface area contributed by atoms with Gasteiger partial charge in [-0.2, -0.15) is 5.10 Å². The fourth-order valence-corrected chi connectivity index (χ4v) is 4.51. The minimum atomic E-state index is -0.661. The van der Waals surface area contributed by atoms with E-state index in [0.29, 0.717) is 39.8 Å². The van der Waals surface area contributed by atoms with Gasteiger partial charge in [0.25, 0.3) is 11.8 Å². The first kappa shape index (κ1) is 25.9. The molecule has 39 heavy (non-hydrogen) atoms. The number of nitrogens with zero attached hydrogens (tertiary/aromatic N) is 2. The Kier molecular flexibility index (Phi) is 7.27. The van der Waals surface area contributed by atoms with E-state index in [4.69, 9.17) is 4.42 Å². The van der Waals surface area contributed by atoms with Crippen molar-refractivity contribution >= 4 is 22.8 Å². The minimum absolute atomic E-state index is 0.227. The molecular formula is C31H29FN4O3. The molecule has 198 valence electrons. The summed E-state index contributed by atoms with van der Waals surface area (Å²) in [7, 11) is 1.82. The van der Waals surface area contributed by atoms with Crippen molar-refractivity contribution in [3.8, 4) is 11.1 Å². The Morgan fingerprint density at radius 3 is 2.44 bits per heavy atom. The number of amides is 2. The average molecular weight is 525 g/mol. The predicted molar refractivity (Wildman–Crippen MR) is 148 cm³/mol. The molecule has 0 radical (unpaired) electrons. The second-order valence-corrected chi connectivity index (χ2v) is 9.92. The van der Waals surface area contributed by atoms with Crippen LogP contribution in [0.5, 0.6) is 0 Å². The smallest absolute Gasteiger partial charge is 0.255 e. The van der Waals surface area contributed by atoms with Crippen molar-refractivity contribution in [1.82, 2.24) is 20.4 Å². The predicted octanol–water partition coefficient (Wildman–Crippen LogP) is 5.88. The van der Waals surface area contributed by atoms with E-state index >= 15 is 0 Å². The van der Waals surface area contributed by atoms with Crippen LogP contribution in [0, 0.1) is 11.7 Å². The van der Waals surface area contributed by atoms with Gasteiger partial charge in [0.15, 0.2) is 0 Å². The number of furan rings is 1. The van der Waals surface area contributed by atoms with Crippen molar-refractivity contribution in [2.45, 2.75) is 19.9 Å². The zero-order valence-corrected chi connectivity index (χ0v) is 21.9. The van der Waals surface area contributed by atoms with Crippen LogP contribution >= 0.6 is 0 Å². The van der Waals surface area contributed by atoms with Gasteiger partial charge in [-0.05, 0) is 46.9 Å². The van der Waals surface area contributed by atoms with Gasteiger partial charge < -0.3 is 15.1 Å². The van der Waals surface area contributed by atoms with Crippen LogP contribution in [0.25, 0.3) is 22.1 Å². The second-order valence-electron chi connectivity index (χ2n) is 9.92. The Morgan fingerprint density at radius 1 is 0.974 bits per heavy atom. The van der Waals surface area contributed by atoms with Crippen LogP contribution < -0.4 is 10.6 Å². The molecule has 0 aliphatic heterocycles. The molecule has 8 heteroatoms. The molecule has 0 aliphatic rings. The molecule has 0 spiro atoms. The van der Waals surface area contributed by atoms with Crippen molar-refractivity contribution in [2.24, 2.45) is 13.0 Å². The van der Waals surface area contributed by atoms with E-state index in [1.54, 1.807) is 35.1 Å². The molecule has 7 nitrogen and oxygen atoms in total. The third-order valence-electron chi connectivity index (χ3n) is 6.51. The van der Waals surface area contributed by atoms with Crippen LogP contribution in [-0.4, -0.2) is 28.1 Å². The maximum atomic E-state index is 13.8. The van der Waals surface area contributed by atoms with Crippen molar-refractivity contribution < 1.29 is 18.4 Å². The molecule has 0 saturated carbocycles. The summed E-state index contributed by atoms with van der Waals surface area (Å²) in [6, 6.07) is 18.1. The topological polar surface area (TPSA) is 89.2 Å². The van der Waals surface area contributed by atoms with Gasteiger partial charge in [0.05, 0.1) is 17.8 Å². The fraction of sp³-hybridized carbons (Fsp3) is 0.194. The summed E-state index contributed by atoms with van der Waals surface area (Å²) < 4.78 is 21.1. The van der Waals surface area contributed by atoms with E-state index in [9.17, 15) is 14.0 Å². The van der Waals surface area contributed by atoms with Gasteiger partial charge in [0, 0.05) is 36.3 Å². The molecule has 2 N–H and O–H groups in total. The normalized spacial score (nSPS) is 12.0. The van der Waals surface area contributed by atoms with Crippen LogP contribution in [-0.2, 0) is 7.05 Å². The lowest BCUT2D eigenvalue weighted by Gasteiger charge is -2.21. The highest BCUT2D eigenvalue weighted by Crippen LogP contribution is 2.31. The fourth-order valence-electron chi connectivity index (χ4n) is 4.51. The van der Waals surface area contributed by atoms with Crippen LogP contribution in [0.3, 0.4) is 0 Å². The largest absolute Gasteiger partial charge is 0.463 e. The molecule has 0 bridgehead atoms. The number of hydrogen-bond acceptors (Lipinski definition) is 4. The number of halogens is 1. The first-order chi connectivity index (χ1) is 18.8. The first-order valence-corrected chi connectivity index (χ1v) is 12.7. The highest BCUT2D eigenvalue weighted by Gasteiger charge is 2.23. The molecule has 0 aliphatic carbocycles. The summed E-state index contributed by atoms with van der Waals surface area (Å²) >= 11 is 0. The van der Waals surface area contributed by atoms with Crippen LogP contribution in [0.15, 0.2) is 89.8 Å². The SMILES string of the molecule is CC(C)CNC(=O)c1cc(C(NC(=O)c2coc3ccccc23)c2ccc(F)cc2)ccc1-c1cnn(C)c1. The maximum Gasteiger partial charge on any atom is 0.255 e. The molecule has 1 unspecified atom stereocenters. The zero-order valence-electron chi connectivity index (χ0n) is 21.9. The number of aromatic nitrogens is 2. The number of hydrogen-bond donors (Lipinski definition) is 2. The van der Waals surface area contributed by atoms with Crippen LogP contribution in [0.4, 0.5) is 4.39 Å². The Bertz CT molecular complexity index is 1640. The Labute approximate surface area is 225 Å². The van der Waals surface area contributed by atoms with E-state index in [2.05, 4.69) is 15.7 Å². The molecule has 5 aromatic rings. The first-order valence-electron chi connectivity index (χ1n) is 12.7.